The van der Waals surface area contributed by atoms with E-state index < -0.39 is 0 Å². The van der Waals surface area contributed by atoms with Crippen molar-refractivity contribution in [2.24, 2.45) is 0 Å². The Hall–Kier alpha value is -2.04. The van der Waals surface area contributed by atoms with E-state index in [4.69, 9.17) is 16.0 Å². The lowest BCUT2D eigenvalue weighted by Gasteiger charge is -2.23. The molecule has 0 bridgehead atoms. The zero-order chi connectivity index (χ0) is 16.4. The first-order valence-electron chi connectivity index (χ1n) is 7.23. The first-order chi connectivity index (χ1) is 11.1. The van der Waals surface area contributed by atoms with Crippen molar-refractivity contribution in [2.45, 2.75) is 13.0 Å². The number of furan rings is 1. The lowest BCUT2D eigenvalue weighted by Crippen LogP contribution is -2.28. The maximum Gasteiger partial charge on any atom is 0.289 e. The third kappa shape index (κ3) is 3.19. The number of amides is 1. The molecule has 118 valence electrons. The molecule has 1 aromatic carbocycles. The highest BCUT2D eigenvalue weighted by Crippen LogP contribution is 2.30. The van der Waals surface area contributed by atoms with Crippen LogP contribution >= 0.6 is 22.9 Å². The third-order valence-corrected chi connectivity index (χ3v) is 5.18. The van der Waals surface area contributed by atoms with E-state index in [0.717, 1.165) is 10.4 Å². The van der Waals surface area contributed by atoms with Gasteiger partial charge in [-0.05, 0) is 42.6 Å². The van der Waals surface area contributed by atoms with Crippen LogP contribution in [0, 0.1) is 0 Å². The van der Waals surface area contributed by atoms with Gasteiger partial charge in [-0.1, -0.05) is 29.8 Å². The molecule has 0 fully saturated rings. The van der Waals surface area contributed by atoms with Crippen LogP contribution in [-0.2, 0) is 0 Å². The molecule has 0 unspecified atom stereocenters. The van der Waals surface area contributed by atoms with Crippen LogP contribution in [0.5, 0.6) is 0 Å². The van der Waals surface area contributed by atoms with Gasteiger partial charge in [0, 0.05) is 17.5 Å². The number of carbonyl (C=O) groups is 1. The van der Waals surface area contributed by atoms with Gasteiger partial charge < -0.3 is 9.32 Å². The zero-order valence-corrected chi connectivity index (χ0v) is 14.4. The molecule has 3 nitrogen and oxygen atoms in total. The molecule has 23 heavy (non-hydrogen) atoms. The van der Waals surface area contributed by atoms with E-state index in [2.05, 4.69) is 0 Å². The van der Waals surface area contributed by atoms with Crippen molar-refractivity contribution in [1.82, 2.24) is 4.90 Å². The molecule has 0 N–H and O–H groups in total. The smallest absolute Gasteiger partial charge is 0.289 e. The van der Waals surface area contributed by atoms with Crippen molar-refractivity contribution in [3.05, 3.63) is 69.6 Å². The summed E-state index contributed by atoms with van der Waals surface area (Å²) in [6.45, 7) is 2.00. The molecule has 3 aromatic rings. The fraction of sp³-hybridized carbons (Fsp3) is 0.167. The Bertz CT molecular complexity index is 810. The standard InChI is InChI=1S/C18H16ClNO2S/c1-12(17-8-5-11-23-17)20(2)18(21)16-10-9-15(22-16)13-6-3-4-7-14(13)19/h3-12H,1-2H3/t12-/m1/s1. The minimum Gasteiger partial charge on any atom is -0.451 e. The lowest BCUT2D eigenvalue weighted by atomic mass is 10.2. The van der Waals surface area contributed by atoms with Crippen LogP contribution in [0.15, 0.2) is 58.3 Å². The number of halogens is 1. The summed E-state index contributed by atoms with van der Waals surface area (Å²) >= 11 is 7.81. The van der Waals surface area contributed by atoms with Crippen LogP contribution in [0.1, 0.15) is 28.4 Å². The van der Waals surface area contributed by atoms with Gasteiger partial charge >= 0.3 is 0 Å². The van der Waals surface area contributed by atoms with Crippen LogP contribution in [0.2, 0.25) is 5.02 Å². The highest BCUT2D eigenvalue weighted by molar-refractivity contribution is 7.10. The zero-order valence-electron chi connectivity index (χ0n) is 12.8. The summed E-state index contributed by atoms with van der Waals surface area (Å²) < 4.78 is 5.73. The topological polar surface area (TPSA) is 33.5 Å². The monoisotopic (exact) mass is 345 g/mol. The van der Waals surface area contributed by atoms with E-state index in [0.29, 0.717) is 16.5 Å². The number of benzene rings is 1. The van der Waals surface area contributed by atoms with E-state index in [1.165, 1.54) is 0 Å². The van der Waals surface area contributed by atoms with E-state index in [-0.39, 0.29) is 11.9 Å². The van der Waals surface area contributed by atoms with Gasteiger partial charge in [0.2, 0.25) is 0 Å². The molecule has 0 aliphatic rings. The Morgan fingerprint density at radius 1 is 1.17 bits per heavy atom. The van der Waals surface area contributed by atoms with E-state index in [1.54, 1.807) is 41.5 Å². The fourth-order valence-electron chi connectivity index (χ4n) is 2.33. The molecular formula is C18H16ClNO2S. The number of thiophene rings is 1. The molecule has 0 aliphatic carbocycles. The molecule has 0 saturated heterocycles. The quantitative estimate of drug-likeness (QED) is 0.626. The first-order valence-corrected chi connectivity index (χ1v) is 8.49. The summed E-state index contributed by atoms with van der Waals surface area (Å²) in [6.07, 6.45) is 0. The normalized spacial score (nSPS) is 12.1. The van der Waals surface area contributed by atoms with Crippen LogP contribution in [-0.4, -0.2) is 17.9 Å². The van der Waals surface area contributed by atoms with Crippen molar-refractivity contribution < 1.29 is 9.21 Å². The number of rotatable bonds is 4. The van der Waals surface area contributed by atoms with Gasteiger partial charge in [0.15, 0.2) is 5.76 Å². The Morgan fingerprint density at radius 2 is 1.96 bits per heavy atom. The summed E-state index contributed by atoms with van der Waals surface area (Å²) in [5.41, 5.74) is 0.780. The molecule has 2 aromatic heterocycles. The first kappa shape index (κ1) is 15.8. The van der Waals surface area contributed by atoms with Gasteiger partial charge in [0.1, 0.15) is 5.76 Å². The van der Waals surface area contributed by atoms with Crippen molar-refractivity contribution in [3.63, 3.8) is 0 Å². The van der Waals surface area contributed by atoms with Gasteiger partial charge in [-0.15, -0.1) is 11.3 Å². The molecule has 0 aliphatic heterocycles. The molecule has 0 spiro atoms. The Morgan fingerprint density at radius 3 is 2.65 bits per heavy atom. The second-order valence-corrected chi connectivity index (χ2v) is 6.64. The Kier molecular flexibility index (Phi) is 4.55. The fourth-order valence-corrected chi connectivity index (χ4v) is 3.38. The molecule has 1 amide bonds. The van der Waals surface area contributed by atoms with Crippen LogP contribution < -0.4 is 0 Å². The largest absolute Gasteiger partial charge is 0.451 e. The van der Waals surface area contributed by atoms with Gasteiger partial charge in [0.25, 0.3) is 5.91 Å². The summed E-state index contributed by atoms with van der Waals surface area (Å²) in [4.78, 5) is 15.4. The number of hydrogen-bond donors (Lipinski definition) is 0. The highest BCUT2D eigenvalue weighted by Gasteiger charge is 2.22. The second kappa shape index (κ2) is 6.60. The Balaban J connectivity index is 1.83. The lowest BCUT2D eigenvalue weighted by molar-refractivity contribution is 0.0713. The van der Waals surface area contributed by atoms with E-state index >= 15 is 0 Å². The SMILES string of the molecule is C[C@H](c1cccs1)N(C)C(=O)c1ccc(-c2ccccc2Cl)o1. The number of hydrogen-bond acceptors (Lipinski definition) is 3. The van der Waals surface area contributed by atoms with Crippen molar-refractivity contribution >= 4 is 28.8 Å². The molecule has 0 radical (unpaired) electrons. The molecule has 3 rings (SSSR count). The third-order valence-electron chi connectivity index (χ3n) is 3.81. The van der Waals surface area contributed by atoms with Crippen molar-refractivity contribution in [1.29, 1.82) is 0 Å². The molecular weight excluding hydrogens is 330 g/mol. The molecule has 1 atom stereocenters. The number of carbonyl (C=O) groups excluding carboxylic acids is 1. The molecule has 2 heterocycles. The summed E-state index contributed by atoms with van der Waals surface area (Å²) in [5, 5.41) is 2.60. The maximum atomic E-state index is 12.6. The predicted molar refractivity (Wildman–Crippen MR) is 94.0 cm³/mol. The van der Waals surface area contributed by atoms with Crippen LogP contribution in [0.3, 0.4) is 0 Å². The minimum absolute atomic E-state index is 0.00337. The second-order valence-electron chi connectivity index (χ2n) is 5.25. The molecule has 5 heteroatoms. The number of nitrogens with zero attached hydrogens (tertiary/aromatic N) is 1. The van der Waals surface area contributed by atoms with Gasteiger partial charge in [0.05, 0.1) is 11.1 Å². The van der Waals surface area contributed by atoms with Crippen molar-refractivity contribution in [2.75, 3.05) is 7.05 Å². The average Bonchev–Trinajstić information content (AvgIpc) is 3.24. The van der Waals surface area contributed by atoms with Crippen LogP contribution in [0.25, 0.3) is 11.3 Å². The van der Waals surface area contributed by atoms with Gasteiger partial charge in [-0.3, -0.25) is 4.79 Å². The minimum atomic E-state index is -0.149. The highest BCUT2D eigenvalue weighted by atomic mass is 35.5. The maximum absolute atomic E-state index is 12.6. The Labute approximate surface area is 144 Å². The van der Waals surface area contributed by atoms with Crippen molar-refractivity contribution in [3.8, 4) is 11.3 Å². The van der Waals surface area contributed by atoms with Gasteiger partial charge in [-0.2, -0.15) is 0 Å². The predicted octanol–water partition coefficient (Wildman–Crippen LogP) is 5.49. The summed E-state index contributed by atoms with van der Waals surface area (Å²) in [5.74, 6) is 0.756. The average molecular weight is 346 g/mol. The van der Waals surface area contributed by atoms with E-state index in [9.17, 15) is 4.79 Å². The van der Waals surface area contributed by atoms with E-state index in [1.807, 2.05) is 42.6 Å². The van der Waals surface area contributed by atoms with Crippen LogP contribution in [0.4, 0.5) is 0 Å². The summed E-state index contributed by atoms with van der Waals surface area (Å²) in [6, 6.07) is 14.9. The molecule has 0 saturated carbocycles. The summed E-state index contributed by atoms with van der Waals surface area (Å²) in [7, 11) is 1.78. The van der Waals surface area contributed by atoms with Gasteiger partial charge in [-0.25, -0.2) is 0 Å².